The van der Waals surface area contributed by atoms with E-state index in [2.05, 4.69) is 15.9 Å². The minimum Gasteiger partial charge on any atom is -0.339 e. The van der Waals surface area contributed by atoms with Crippen molar-refractivity contribution >= 4 is 33.4 Å². The van der Waals surface area contributed by atoms with Crippen LogP contribution in [-0.4, -0.2) is 29.8 Å². The normalized spacial score (nSPS) is 11.5. The Bertz CT molecular complexity index is 479. The fourth-order valence-corrected chi connectivity index (χ4v) is 2.23. The Morgan fingerprint density at radius 1 is 1.40 bits per heavy atom. The molecule has 2 nitrogen and oxygen atoms in total. The molecule has 0 saturated carbocycles. The third-order valence-corrected chi connectivity index (χ3v) is 3.71. The fraction of sp³-hybridized carbons (Fsp3) is 0.462. The predicted octanol–water partition coefficient (Wildman–Crippen LogP) is 4.56. The first-order valence-electron chi connectivity index (χ1n) is 6.03. The van der Waals surface area contributed by atoms with Crippen LogP contribution in [0.25, 0.3) is 0 Å². The molecule has 1 aromatic carbocycles. The van der Waals surface area contributed by atoms with Gasteiger partial charge in [-0.3, -0.25) is 4.79 Å². The summed E-state index contributed by atoms with van der Waals surface area (Å²) in [6.07, 6.45) is -3.87. The SMILES string of the molecule is CCN(CCCCl)C(=O)c1cc(C(F)(F)F)ccc1Br. The average molecular weight is 373 g/mol. The molecule has 0 spiro atoms. The second-order valence-electron chi connectivity index (χ2n) is 4.12. The number of benzene rings is 1. The van der Waals surface area contributed by atoms with Gasteiger partial charge in [0.2, 0.25) is 0 Å². The van der Waals surface area contributed by atoms with E-state index < -0.39 is 17.6 Å². The van der Waals surface area contributed by atoms with Crippen LogP contribution in [0.4, 0.5) is 13.2 Å². The van der Waals surface area contributed by atoms with Gasteiger partial charge >= 0.3 is 6.18 Å². The summed E-state index contributed by atoms with van der Waals surface area (Å²) in [6, 6.07) is 3.05. The Kier molecular flexibility index (Phi) is 6.33. The van der Waals surface area contributed by atoms with Crippen molar-refractivity contribution in [2.45, 2.75) is 19.5 Å². The summed E-state index contributed by atoms with van der Waals surface area (Å²) in [5.74, 6) is -0.0383. The number of hydrogen-bond acceptors (Lipinski definition) is 1. The van der Waals surface area contributed by atoms with E-state index in [0.717, 1.165) is 12.1 Å². The van der Waals surface area contributed by atoms with Gasteiger partial charge in [-0.1, -0.05) is 0 Å². The summed E-state index contributed by atoms with van der Waals surface area (Å²) in [4.78, 5) is 13.7. The maximum atomic E-state index is 12.7. The molecule has 1 amide bonds. The number of hydrogen-bond donors (Lipinski definition) is 0. The van der Waals surface area contributed by atoms with Crippen LogP contribution < -0.4 is 0 Å². The van der Waals surface area contributed by atoms with Crippen molar-refractivity contribution in [3.8, 4) is 0 Å². The first-order valence-corrected chi connectivity index (χ1v) is 7.36. The summed E-state index contributed by atoms with van der Waals surface area (Å²) in [5.41, 5.74) is -0.825. The Labute approximate surface area is 129 Å². The molecular weight excluding hydrogens is 358 g/mol. The first-order chi connectivity index (χ1) is 9.31. The van der Waals surface area contributed by atoms with Crippen molar-refractivity contribution in [1.82, 2.24) is 4.90 Å². The van der Waals surface area contributed by atoms with Gasteiger partial charge in [-0.05, 0) is 47.5 Å². The lowest BCUT2D eigenvalue weighted by Crippen LogP contribution is -2.32. The van der Waals surface area contributed by atoms with Gasteiger partial charge in [0.15, 0.2) is 0 Å². The van der Waals surface area contributed by atoms with Gasteiger partial charge in [-0.25, -0.2) is 0 Å². The summed E-state index contributed by atoms with van der Waals surface area (Å²) < 4.78 is 38.4. The number of amides is 1. The van der Waals surface area contributed by atoms with Crippen molar-refractivity contribution in [2.24, 2.45) is 0 Å². The lowest BCUT2D eigenvalue weighted by Gasteiger charge is -2.21. The number of nitrogens with zero attached hydrogens (tertiary/aromatic N) is 1. The van der Waals surface area contributed by atoms with Crippen LogP contribution >= 0.6 is 27.5 Å². The number of rotatable bonds is 5. The largest absolute Gasteiger partial charge is 0.416 e. The van der Waals surface area contributed by atoms with Crippen LogP contribution in [0.5, 0.6) is 0 Å². The van der Waals surface area contributed by atoms with Crippen LogP contribution in [0.2, 0.25) is 0 Å². The highest BCUT2D eigenvalue weighted by atomic mass is 79.9. The Morgan fingerprint density at radius 2 is 2.05 bits per heavy atom. The molecule has 20 heavy (non-hydrogen) atoms. The lowest BCUT2D eigenvalue weighted by atomic mass is 10.1. The average Bonchev–Trinajstić information content (AvgIpc) is 2.38. The van der Waals surface area contributed by atoms with E-state index in [-0.39, 0.29) is 5.56 Å². The van der Waals surface area contributed by atoms with Crippen LogP contribution in [0.3, 0.4) is 0 Å². The van der Waals surface area contributed by atoms with E-state index in [1.807, 2.05) is 0 Å². The van der Waals surface area contributed by atoms with Gasteiger partial charge < -0.3 is 4.90 Å². The monoisotopic (exact) mass is 371 g/mol. The van der Waals surface area contributed by atoms with Crippen molar-refractivity contribution in [3.63, 3.8) is 0 Å². The van der Waals surface area contributed by atoms with Gasteiger partial charge in [0.25, 0.3) is 5.91 Å². The highest BCUT2D eigenvalue weighted by Crippen LogP contribution is 2.32. The van der Waals surface area contributed by atoms with E-state index in [1.165, 1.54) is 11.0 Å². The zero-order valence-corrected chi connectivity index (χ0v) is 13.1. The molecule has 0 aliphatic heterocycles. The first kappa shape index (κ1) is 17.3. The predicted molar refractivity (Wildman–Crippen MR) is 76.1 cm³/mol. The topological polar surface area (TPSA) is 20.3 Å². The quantitative estimate of drug-likeness (QED) is 0.694. The zero-order valence-electron chi connectivity index (χ0n) is 10.8. The fourth-order valence-electron chi connectivity index (χ4n) is 1.69. The second-order valence-corrected chi connectivity index (χ2v) is 5.35. The van der Waals surface area contributed by atoms with E-state index >= 15 is 0 Å². The van der Waals surface area contributed by atoms with Gasteiger partial charge in [0.1, 0.15) is 0 Å². The molecule has 0 aromatic heterocycles. The molecule has 1 rings (SSSR count). The molecule has 0 unspecified atom stereocenters. The summed E-state index contributed by atoms with van der Waals surface area (Å²) in [6.45, 7) is 2.60. The Morgan fingerprint density at radius 3 is 2.55 bits per heavy atom. The standard InChI is InChI=1S/C13H14BrClF3NO/c1-2-19(7-3-6-15)12(20)10-8-9(13(16,17)18)4-5-11(10)14/h4-5,8H,2-3,6-7H2,1H3. The van der Waals surface area contributed by atoms with Crippen LogP contribution in [0, 0.1) is 0 Å². The van der Waals surface area contributed by atoms with E-state index in [4.69, 9.17) is 11.6 Å². The molecule has 0 aliphatic carbocycles. The van der Waals surface area contributed by atoms with E-state index in [0.29, 0.717) is 29.9 Å². The molecule has 112 valence electrons. The maximum Gasteiger partial charge on any atom is 0.416 e. The number of alkyl halides is 4. The van der Waals surface area contributed by atoms with Crippen molar-refractivity contribution in [2.75, 3.05) is 19.0 Å². The van der Waals surface area contributed by atoms with Gasteiger partial charge in [-0.2, -0.15) is 13.2 Å². The summed E-state index contributed by atoms with van der Waals surface area (Å²) in [5, 5.41) is 0. The maximum absolute atomic E-state index is 12.7. The van der Waals surface area contributed by atoms with Crippen LogP contribution in [0.1, 0.15) is 29.3 Å². The molecule has 0 atom stereocenters. The molecule has 0 fully saturated rings. The van der Waals surface area contributed by atoms with E-state index in [1.54, 1.807) is 6.92 Å². The Balaban J connectivity index is 3.07. The number of halogens is 5. The molecular formula is C13H14BrClF3NO. The molecule has 0 saturated heterocycles. The smallest absolute Gasteiger partial charge is 0.339 e. The molecule has 0 heterocycles. The second kappa shape index (κ2) is 7.31. The minimum atomic E-state index is -4.47. The highest BCUT2D eigenvalue weighted by molar-refractivity contribution is 9.10. The number of carbonyl (C=O) groups is 1. The molecule has 0 bridgehead atoms. The molecule has 0 N–H and O–H groups in total. The van der Waals surface area contributed by atoms with Crippen molar-refractivity contribution in [1.29, 1.82) is 0 Å². The molecule has 7 heteroatoms. The molecule has 0 radical (unpaired) electrons. The van der Waals surface area contributed by atoms with Gasteiger partial charge in [0.05, 0.1) is 11.1 Å². The Hall–Kier alpha value is -0.750. The van der Waals surface area contributed by atoms with E-state index in [9.17, 15) is 18.0 Å². The van der Waals surface area contributed by atoms with Crippen molar-refractivity contribution < 1.29 is 18.0 Å². The summed E-state index contributed by atoms with van der Waals surface area (Å²) in [7, 11) is 0. The highest BCUT2D eigenvalue weighted by Gasteiger charge is 2.32. The lowest BCUT2D eigenvalue weighted by molar-refractivity contribution is -0.137. The van der Waals surface area contributed by atoms with Gasteiger partial charge in [0, 0.05) is 23.4 Å². The van der Waals surface area contributed by atoms with Crippen LogP contribution in [-0.2, 0) is 6.18 Å². The molecule has 0 aliphatic rings. The minimum absolute atomic E-state index is 0.0104. The third kappa shape index (κ3) is 4.38. The van der Waals surface area contributed by atoms with Gasteiger partial charge in [-0.15, -0.1) is 11.6 Å². The molecule has 1 aromatic rings. The zero-order chi connectivity index (χ0) is 15.3. The number of carbonyl (C=O) groups excluding carboxylic acids is 1. The summed E-state index contributed by atoms with van der Waals surface area (Å²) >= 11 is 8.70. The van der Waals surface area contributed by atoms with Crippen LogP contribution in [0.15, 0.2) is 22.7 Å². The third-order valence-electron chi connectivity index (χ3n) is 2.75. The van der Waals surface area contributed by atoms with Crippen molar-refractivity contribution in [3.05, 3.63) is 33.8 Å².